The Morgan fingerprint density at radius 2 is 1.75 bits per heavy atom. The number of nitrogens with zero attached hydrogens (tertiary/aromatic N) is 3. The van der Waals surface area contributed by atoms with Gasteiger partial charge in [0.05, 0.1) is 30.4 Å². The third-order valence-corrected chi connectivity index (χ3v) is 9.05. The molecule has 0 bridgehead atoms. The Labute approximate surface area is 210 Å². The molecule has 0 aliphatic carbocycles. The summed E-state index contributed by atoms with van der Waals surface area (Å²) in [5.41, 5.74) is 3.39. The van der Waals surface area contributed by atoms with Gasteiger partial charge >= 0.3 is 5.97 Å². The van der Waals surface area contributed by atoms with Crippen molar-refractivity contribution in [3.05, 3.63) is 64.7 Å². The van der Waals surface area contributed by atoms with Gasteiger partial charge in [-0.3, -0.25) is 19.1 Å². The van der Waals surface area contributed by atoms with Crippen LogP contribution in [0.4, 0.5) is 0 Å². The molecule has 2 heterocycles. The Morgan fingerprint density at radius 3 is 2.39 bits per heavy atom. The molecule has 1 saturated heterocycles. The number of fused-ring (bicyclic) bond motifs is 1. The summed E-state index contributed by atoms with van der Waals surface area (Å²) < 4.78 is 28.7. The summed E-state index contributed by atoms with van der Waals surface area (Å²) in [4.78, 5) is 31.4. The van der Waals surface area contributed by atoms with E-state index in [1.54, 1.807) is 6.07 Å². The molecule has 0 saturated carbocycles. The zero-order chi connectivity index (χ0) is 25.9. The molecule has 2 aromatic carbocycles. The topological polar surface area (TPSA) is 119 Å². The van der Waals surface area contributed by atoms with E-state index in [9.17, 15) is 23.1 Å². The first-order valence-corrected chi connectivity index (χ1v) is 13.8. The maximum atomic E-state index is 13.0. The van der Waals surface area contributed by atoms with Crippen LogP contribution in [0.1, 0.15) is 18.9 Å². The minimum absolute atomic E-state index is 0.0781. The number of aryl methyl sites for hydroxylation is 1. The Morgan fingerprint density at radius 1 is 1.08 bits per heavy atom. The molecule has 1 aliphatic heterocycles. The van der Waals surface area contributed by atoms with E-state index in [1.165, 1.54) is 16.5 Å². The van der Waals surface area contributed by atoms with Crippen LogP contribution in [0.5, 0.6) is 0 Å². The second kappa shape index (κ2) is 10.5. The number of aromatic nitrogens is 2. The molecule has 192 valence electrons. The number of sulfone groups is 1. The van der Waals surface area contributed by atoms with Crippen LogP contribution in [-0.2, 0) is 32.3 Å². The number of ether oxygens (including phenoxy) is 1. The van der Waals surface area contributed by atoms with E-state index < -0.39 is 20.6 Å². The lowest BCUT2D eigenvalue weighted by Crippen LogP contribution is -2.44. The van der Waals surface area contributed by atoms with Crippen LogP contribution in [0.3, 0.4) is 0 Å². The van der Waals surface area contributed by atoms with Gasteiger partial charge in [-0.25, -0.2) is 13.4 Å². The Balaban J connectivity index is 1.49. The number of hydrogen-bond acceptors (Lipinski definition) is 7. The van der Waals surface area contributed by atoms with Crippen LogP contribution in [0, 0.1) is 0 Å². The molecule has 1 fully saturated rings. The average Bonchev–Trinajstić information content (AvgIpc) is 2.87. The van der Waals surface area contributed by atoms with E-state index in [4.69, 9.17) is 4.74 Å². The highest BCUT2D eigenvalue weighted by Gasteiger charge is 2.43. The van der Waals surface area contributed by atoms with Crippen molar-refractivity contribution in [1.29, 1.82) is 0 Å². The number of rotatable bonds is 9. The van der Waals surface area contributed by atoms with Gasteiger partial charge in [0.25, 0.3) is 5.56 Å². The fourth-order valence-electron chi connectivity index (χ4n) is 4.26. The number of carboxylic acids is 1. The molecule has 1 aliphatic rings. The van der Waals surface area contributed by atoms with Gasteiger partial charge in [0.1, 0.15) is 0 Å². The van der Waals surface area contributed by atoms with Crippen LogP contribution < -0.4 is 5.56 Å². The van der Waals surface area contributed by atoms with Crippen LogP contribution in [0.15, 0.2) is 53.6 Å². The first-order valence-electron chi connectivity index (χ1n) is 11.9. The monoisotopic (exact) mass is 513 g/mol. The second-order valence-corrected chi connectivity index (χ2v) is 11.9. The smallest absolute Gasteiger partial charge is 0.324 e. The Kier molecular flexibility index (Phi) is 7.58. The van der Waals surface area contributed by atoms with Gasteiger partial charge in [-0.15, -0.1) is 0 Å². The van der Waals surface area contributed by atoms with Gasteiger partial charge in [-0.05, 0) is 48.6 Å². The number of hydrogen-bond donors (Lipinski definition) is 1. The average molecular weight is 514 g/mol. The van der Waals surface area contributed by atoms with Crippen molar-refractivity contribution >= 4 is 26.7 Å². The maximum Gasteiger partial charge on any atom is 0.324 e. The first kappa shape index (κ1) is 26.0. The first-order chi connectivity index (χ1) is 17.1. The SMILES string of the molecule is CC(CCn1cnc2cc(-c3ccc(CCN4CCOCC4)cc3)ccc2c1=O)(C(=O)O)S(C)(=O)=O. The lowest BCUT2D eigenvalue weighted by molar-refractivity contribution is -0.139. The van der Waals surface area contributed by atoms with E-state index in [1.807, 2.05) is 12.1 Å². The molecule has 0 amide bonds. The highest BCUT2D eigenvalue weighted by Crippen LogP contribution is 2.24. The highest BCUT2D eigenvalue weighted by atomic mass is 32.2. The van der Waals surface area contributed by atoms with E-state index in [-0.39, 0.29) is 18.5 Å². The minimum Gasteiger partial charge on any atom is -0.480 e. The Hall–Kier alpha value is -3.08. The van der Waals surface area contributed by atoms with Crippen LogP contribution in [-0.4, -0.2) is 77.8 Å². The van der Waals surface area contributed by atoms with E-state index in [0.29, 0.717) is 10.9 Å². The van der Waals surface area contributed by atoms with Crippen LogP contribution in [0.2, 0.25) is 0 Å². The summed E-state index contributed by atoms with van der Waals surface area (Å²) in [5.74, 6) is -1.44. The van der Waals surface area contributed by atoms with E-state index in [0.717, 1.165) is 63.6 Å². The summed E-state index contributed by atoms with van der Waals surface area (Å²) >= 11 is 0. The number of carboxylic acid groups (broad SMARTS) is 1. The van der Waals surface area contributed by atoms with Crippen molar-refractivity contribution in [2.75, 3.05) is 39.1 Å². The fraction of sp³-hybridized carbons (Fsp3) is 0.423. The largest absolute Gasteiger partial charge is 0.480 e. The number of aliphatic carboxylic acids is 1. The fourth-order valence-corrected chi connectivity index (χ4v) is 5.04. The van der Waals surface area contributed by atoms with Crippen molar-refractivity contribution in [2.24, 2.45) is 0 Å². The molecule has 36 heavy (non-hydrogen) atoms. The summed E-state index contributed by atoms with van der Waals surface area (Å²) in [6.45, 7) is 5.62. The normalized spacial score (nSPS) is 16.6. The van der Waals surface area contributed by atoms with Crippen molar-refractivity contribution in [3.8, 4) is 11.1 Å². The molecule has 0 radical (unpaired) electrons. The lowest BCUT2D eigenvalue weighted by Gasteiger charge is -2.26. The minimum atomic E-state index is -3.88. The summed E-state index contributed by atoms with van der Waals surface area (Å²) in [7, 11) is -3.88. The van der Waals surface area contributed by atoms with Gasteiger partial charge in [0, 0.05) is 32.4 Å². The lowest BCUT2D eigenvalue weighted by atomic mass is 10.0. The quantitative estimate of drug-likeness (QED) is 0.463. The molecule has 4 rings (SSSR count). The molecule has 1 aromatic heterocycles. The van der Waals surface area contributed by atoms with Gasteiger partial charge in [0.2, 0.25) is 0 Å². The summed E-state index contributed by atoms with van der Waals surface area (Å²) in [6, 6.07) is 13.8. The highest BCUT2D eigenvalue weighted by molar-refractivity contribution is 7.92. The molecular weight excluding hydrogens is 482 g/mol. The maximum absolute atomic E-state index is 13.0. The summed E-state index contributed by atoms with van der Waals surface area (Å²) in [5, 5.41) is 9.83. The molecule has 1 atom stereocenters. The second-order valence-electron chi connectivity index (χ2n) is 9.43. The van der Waals surface area contributed by atoms with Gasteiger partial charge < -0.3 is 9.84 Å². The predicted octanol–water partition coefficient (Wildman–Crippen LogP) is 2.22. The molecule has 0 spiro atoms. The van der Waals surface area contributed by atoms with Crippen LogP contribution >= 0.6 is 0 Å². The van der Waals surface area contributed by atoms with Gasteiger partial charge in [-0.1, -0.05) is 30.3 Å². The van der Waals surface area contributed by atoms with Crippen molar-refractivity contribution in [1.82, 2.24) is 14.5 Å². The molecule has 10 heteroatoms. The van der Waals surface area contributed by atoms with E-state index in [2.05, 4.69) is 34.1 Å². The number of morpholine rings is 1. The molecule has 9 nitrogen and oxygen atoms in total. The number of benzene rings is 2. The van der Waals surface area contributed by atoms with Crippen molar-refractivity contribution in [3.63, 3.8) is 0 Å². The van der Waals surface area contributed by atoms with Gasteiger partial charge in [0.15, 0.2) is 14.6 Å². The third kappa shape index (κ3) is 5.50. The standard InChI is InChI=1S/C26H31N3O6S/c1-26(25(31)32,36(2,33)34)10-12-29-18-27-23-17-21(7-8-22(23)24(29)30)20-5-3-19(4-6-20)9-11-28-13-15-35-16-14-28/h3-8,17-18H,9-16H2,1-2H3,(H,31,32). The zero-order valence-corrected chi connectivity index (χ0v) is 21.3. The van der Waals surface area contributed by atoms with Gasteiger partial charge in [-0.2, -0.15) is 0 Å². The molecule has 1 unspecified atom stereocenters. The zero-order valence-electron chi connectivity index (χ0n) is 20.5. The third-order valence-electron chi connectivity index (χ3n) is 7.03. The van der Waals surface area contributed by atoms with Crippen LogP contribution in [0.25, 0.3) is 22.0 Å². The van der Waals surface area contributed by atoms with E-state index >= 15 is 0 Å². The molecule has 3 aromatic rings. The molecular formula is C26H31N3O6S. The Bertz CT molecular complexity index is 1410. The van der Waals surface area contributed by atoms with Crippen molar-refractivity contribution in [2.45, 2.75) is 31.1 Å². The number of carbonyl (C=O) groups is 1. The van der Waals surface area contributed by atoms with Crippen molar-refractivity contribution < 1.29 is 23.1 Å². The summed E-state index contributed by atoms with van der Waals surface area (Å²) in [6.07, 6.45) is 2.96. The predicted molar refractivity (Wildman–Crippen MR) is 138 cm³/mol. The molecule has 1 N–H and O–H groups in total.